The van der Waals surface area contributed by atoms with Gasteiger partial charge in [0.25, 0.3) is 5.91 Å². The highest BCUT2D eigenvalue weighted by Crippen LogP contribution is 2.35. The van der Waals surface area contributed by atoms with Crippen LogP contribution < -0.4 is 10.1 Å². The van der Waals surface area contributed by atoms with Gasteiger partial charge in [0.15, 0.2) is 14.7 Å². The lowest BCUT2D eigenvalue weighted by molar-refractivity contribution is 0.0942. The summed E-state index contributed by atoms with van der Waals surface area (Å²) >= 11 is 1.29. The van der Waals surface area contributed by atoms with Crippen LogP contribution in [0.2, 0.25) is 0 Å². The lowest BCUT2D eigenvalue weighted by atomic mass is 10.2. The van der Waals surface area contributed by atoms with Crippen molar-refractivity contribution in [1.29, 1.82) is 0 Å². The molecule has 1 atom stereocenters. The van der Waals surface area contributed by atoms with Gasteiger partial charge in [-0.05, 0) is 37.3 Å². The number of carbonyl (C=O) groups excluding carboxylic acids is 1. The first-order valence-electron chi connectivity index (χ1n) is 8.77. The van der Waals surface area contributed by atoms with Gasteiger partial charge in [-0.3, -0.25) is 4.79 Å². The summed E-state index contributed by atoms with van der Waals surface area (Å²) in [6.45, 7) is 1.97. The number of amides is 1. The van der Waals surface area contributed by atoms with Gasteiger partial charge in [-0.2, -0.15) is 0 Å². The summed E-state index contributed by atoms with van der Waals surface area (Å²) in [6.07, 6.45) is 5.33. The zero-order chi connectivity index (χ0) is 19.4. The molecule has 6 nitrogen and oxygen atoms in total. The molecule has 1 N–H and O–H groups in total. The fourth-order valence-corrected chi connectivity index (χ4v) is 3.82. The summed E-state index contributed by atoms with van der Waals surface area (Å²) in [5.74, 6) is 0.856. The molecular weight excluding hydrogens is 384 g/mol. The van der Waals surface area contributed by atoms with Crippen molar-refractivity contribution in [2.24, 2.45) is 5.92 Å². The van der Waals surface area contributed by atoms with Crippen LogP contribution in [0.25, 0.3) is 0 Å². The van der Waals surface area contributed by atoms with Crippen LogP contribution in [0.1, 0.15) is 34.4 Å². The summed E-state index contributed by atoms with van der Waals surface area (Å²) in [4.78, 5) is 17.7. The predicted molar refractivity (Wildman–Crippen MR) is 106 cm³/mol. The highest BCUT2D eigenvalue weighted by atomic mass is 32.2. The smallest absolute Gasteiger partial charge is 0.267 e. The van der Waals surface area contributed by atoms with Crippen molar-refractivity contribution in [3.05, 3.63) is 51.7 Å². The number of sulfone groups is 1. The number of nitrogens with one attached hydrogen (secondary N) is 1. The minimum absolute atomic E-state index is 0.268. The normalized spacial score (nSPS) is 15.6. The lowest BCUT2D eigenvalue weighted by Crippen LogP contribution is -2.34. The maximum Gasteiger partial charge on any atom is 0.267 e. The van der Waals surface area contributed by atoms with Crippen LogP contribution >= 0.6 is 11.3 Å². The van der Waals surface area contributed by atoms with E-state index in [0.717, 1.165) is 29.5 Å². The maximum atomic E-state index is 12.8. The fourth-order valence-electron chi connectivity index (χ4n) is 2.54. The molecule has 0 aliphatic heterocycles. The second kappa shape index (κ2) is 8.22. The molecule has 1 aliphatic rings. The molecule has 0 bridgehead atoms. The third kappa shape index (κ3) is 5.64. The molecule has 1 heterocycles. The minimum Gasteiger partial charge on any atom is -0.437 e. The number of hydrogen-bond donors (Lipinski definition) is 1. The number of thiazole rings is 1. The first-order chi connectivity index (χ1) is 12.9. The molecule has 1 aromatic carbocycles. The summed E-state index contributed by atoms with van der Waals surface area (Å²) in [7, 11) is -3.24. The molecule has 1 aliphatic carbocycles. The number of carbonyl (C=O) groups is 1. The summed E-state index contributed by atoms with van der Waals surface area (Å²) < 4.78 is 28.6. The van der Waals surface area contributed by atoms with Crippen LogP contribution in [-0.4, -0.2) is 31.6 Å². The Morgan fingerprint density at radius 2 is 2.07 bits per heavy atom. The Labute approximate surface area is 163 Å². The number of nitrogens with zero attached hydrogens (tertiary/aromatic N) is 1. The number of ether oxygens (including phenoxy) is 1. The van der Waals surface area contributed by atoms with Crippen molar-refractivity contribution in [3.8, 4) is 11.6 Å². The molecule has 144 valence electrons. The standard InChI is InChI=1S/C19H22N2O4S2/c1-3-16-21-19(25-14-7-5-4-6-8-14)17(26-16)18(22)20-15(13-9-10-13)11-12-27(2,23)24/h4-8,11-13,15H,3,9-10H2,1-2H3,(H,20,22)/b12-11+/t15-/m1/s1. The van der Waals surface area contributed by atoms with E-state index in [2.05, 4.69) is 10.3 Å². The largest absolute Gasteiger partial charge is 0.437 e. The summed E-state index contributed by atoms with van der Waals surface area (Å²) in [6, 6.07) is 8.86. The Bertz CT molecular complexity index is 932. The number of aryl methyl sites for hydroxylation is 1. The van der Waals surface area contributed by atoms with Gasteiger partial charge in [-0.25, -0.2) is 13.4 Å². The van der Waals surface area contributed by atoms with Crippen LogP contribution in [-0.2, 0) is 16.3 Å². The third-order valence-electron chi connectivity index (χ3n) is 4.07. The molecular formula is C19H22N2O4S2. The Morgan fingerprint density at radius 3 is 2.67 bits per heavy atom. The van der Waals surface area contributed by atoms with E-state index < -0.39 is 9.84 Å². The quantitative estimate of drug-likeness (QED) is 0.724. The highest BCUT2D eigenvalue weighted by molar-refractivity contribution is 7.93. The molecule has 1 amide bonds. The van der Waals surface area contributed by atoms with E-state index in [-0.39, 0.29) is 23.7 Å². The number of rotatable bonds is 8. The average Bonchev–Trinajstić information content (AvgIpc) is 3.39. The Balaban J connectivity index is 1.80. The van der Waals surface area contributed by atoms with E-state index in [1.165, 1.54) is 11.3 Å². The molecule has 1 fully saturated rings. The van der Waals surface area contributed by atoms with Gasteiger partial charge in [-0.15, -0.1) is 11.3 Å². The SMILES string of the molecule is CCc1nc(Oc2ccccc2)c(C(=O)N[C@H](/C=C/S(C)(=O)=O)C2CC2)s1. The van der Waals surface area contributed by atoms with Gasteiger partial charge in [0.1, 0.15) is 5.75 Å². The van der Waals surface area contributed by atoms with Crippen LogP contribution in [0.15, 0.2) is 41.8 Å². The number of hydrogen-bond acceptors (Lipinski definition) is 6. The third-order valence-corrected chi connectivity index (χ3v) is 5.90. The van der Waals surface area contributed by atoms with Crippen molar-refractivity contribution in [1.82, 2.24) is 10.3 Å². The second-order valence-electron chi connectivity index (χ2n) is 6.51. The van der Waals surface area contributed by atoms with Crippen molar-refractivity contribution in [2.45, 2.75) is 32.2 Å². The number of para-hydroxylation sites is 1. The van der Waals surface area contributed by atoms with Gasteiger partial charge in [0, 0.05) is 11.7 Å². The maximum absolute atomic E-state index is 12.8. The van der Waals surface area contributed by atoms with Gasteiger partial charge < -0.3 is 10.1 Å². The zero-order valence-electron chi connectivity index (χ0n) is 15.2. The van der Waals surface area contributed by atoms with Crippen LogP contribution in [0.3, 0.4) is 0 Å². The first kappa shape index (κ1) is 19.6. The molecule has 0 spiro atoms. The average molecular weight is 407 g/mol. The lowest BCUT2D eigenvalue weighted by Gasteiger charge is -2.14. The van der Waals surface area contributed by atoms with Crippen molar-refractivity contribution in [2.75, 3.05) is 6.26 Å². The van der Waals surface area contributed by atoms with E-state index in [4.69, 9.17) is 4.74 Å². The molecule has 0 radical (unpaired) electrons. The Morgan fingerprint density at radius 1 is 1.37 bits per heavy atom. The Hall–Kier alpha value is -2.19. The molecule has 27 heavy (non-hydrogen) atoms. The van der Waals surface area contributed by atoms with Gasteiger partial charge >= 0.3 is 0 Å². The van der Waals surface area contributed by atoms with Gasteiger partial charge in [0.2, 0.25) is 5.88 Å². The molecule has 0 unspecified atom stereocenters. The van der Waals surface area contributed by atoms with Gasteiger partial charge in [0.05, 0.1) is 11.0 Å². The molecule has 1 aromatic heterocycles. The van der Waals surface area contributed by atoms with Crippen molar-refractivity contribution < 1.29 is 17.9 Å². The van der Waals surface area contributed by atoms with E-state index in [9.17, 15) is 13.2 Å². The van der Waals surface area contributed by atoms with Gasteiger partial charge in [-0.1, -0.05) is 31.2 Å². The molecule has 8 heteroatoms. The number of benzene rings is 1. The highest BCUT2D eigenvalue weighted by Gasteiger charge is 2.32. The summed E-state index contributed by atoms with van der Waals surface area (Å²) in [5, 5.41) is 4.89. The number of aromatic nitrogens is 1. The van der Waals surface area contributed by atoms with Crippen LogP contribution in [0, 0.1) is 5.92 Å². The van der Waals surface area contributed by atoms with Crippen molar-refractivity contribution >= 4 is 27.1 Å². The monoisotopic (exact) mass is 406 g/mol. The molecule has 3 rings (SSSR count). The molecule has 2 aromatic rings. The fraction of sp³-hybridized carbons (Fsp3) is 0.368. The topological polar surface area (TPSA) is 85.4 Å². The van der Waals surface area contributed by atoms with E-state index in [0.29, 0.717) is 17.0 Å². The second-order valence-corrected chi connectivity index (χ2v) is 9.52. The van der Waals surface area contributed by atoms with Crippen LogP contribution in [0.4, 0.5) is 0 Å². The van der Waals surface area contributed by atoms with Crippen LogP contribution in [0.5, 0.6) is 11.6 Å². The van der Waals surface area contributed by atoms with E-state index >= 15 is 0 Å². The summed E-state index contributed by atoms with van der Waals surface area (Å²) in [5.41, 5.74) is 0. The zero-order valence-corrected chi connectivity index (χ0v) is 16.8. The Kier molecular flexibility index (Phi) is 5.96. The minimum atomic E-state index is -3.24. The predicted octanol–water partition coefficient (Wildman–Crippen LogP) is 3.56. The van der Waals surface area contributed by atoms with E-state index in [1.54, 1.807) is 18.2 Å². The molecule has 1 saturated carbocycles. The van der Waals surface area contributed by atoms with Crippen molar-refractivity contribution in [3.63, 3.8) is 0 Å². The molecule has 0 saturated heterocycles. The van der Waals surface area contributed by atoms with E-state index in [1.807, 2.05) is 25.1 Å². The first-order valence-corrected chi connectivity index (χ1v) is 11.5.